The molecule has 0 radical (unpaired) electrons. The molecular formula is C13H16F2N2O3. The highest BCUT2D eigenvalue weighted by Gasteiger charge is 2.15. The Morgan fingerprint density at radius 1 is 1.30 bits per heavy atom. The molecule has 0 aliphatic heterocycles. The smallest absolute Gasteiger partial charge is 0.315 e. The normalized spacial score (nSPS) is 11.8. The molecule has 1 atom stereocenters. The number of halogens is 2. The van der Waals surface area contributed by atoms with E-state index in [9.17, 15) is 18.4 Å². The first-order valence-electron chi connectivity index (χ1n) is 6.12. The summed E-state index contributed by atoms with van der Waals surface area (Å²) in [6, 6.07) is 2.31. The zero-order valence-electron chi connectivity index (χ0n) is 11.0. The van der Waals surface area contributed by atoms with Gasteiger partial charge in [-0.3, -0.25) is 4.79 Å². The van der Waals surface area contributed by atoms with Gasteiger partial charge in [0.25, 0.3) is 0 Å². The zero-order chi connectivity index (χ0) is 15.1. The second kappa shape index (κ2) is 7.42. The maximum Gasteiger partial charge on any atom is 0.315 e. The minimum atomic E-state index is -0.996. The number of benzene rings is 1. The lowest BCUT2D eigenvalue weighted by Gasteiger charge is -2.12. The highest BCUT2D eigenvalue weighted by atomic mass is 19.1. The van der Waals surface area contributed by atoms with Crippen molar-refractivity contribution in [2.24, 2.45) is 5.92 Å². The summed E-state index contributed by atoms with van der Waals surface area (Å²) in [6.07, 6.45) is 0.383. The molecule has 0 fully saturated rings. The summed E-state index contributed by atoms with van der Waals surface area (Å²) in [5.74, 6) is -2.89. The van der Waals surface area contributed by atoms with Gasteiger partial charge in [0.2, 0.25) is 0 Å². The molecule has 0 saturated heterocycles. The van der Waals surface area contributed by atoms with Crippen LogP contribution in [0.2, 0.25) is 0 Å². The highest BCUT2D eigenvalue weighted by molar-refractivity contribution is 5.75. The largest absolute Gasteiger partial charge is 0.481 e. The van der Waals surface area contributed by atoms with Crippen LogP contribution in [0.25, 0.3) is 0 Å². The Bertz CT molecular complexity index is 495. The fourth-order valence-corrected chi connectivity index (χ4v) is 1.54. The Balaban J connectivity index is 2.43. The molecule has 1 unspecified atom stereocenters. The van der Waals surface area contributed by atoms with Gasteiger partial charge in [0.15, 0.2) is 0 Å². The van der Waals surface area contributed by atoms with Crippen molar-refractivity contribution in [1.29, 1.82) is 0 Å². The third-order valence-electron chi connectivity index (χ3n) is 2.80. The summed E-state index contributed by atoms with van der Waals surface area (Å²) in [4.78, 5) is 22.2. The summed E-state index contributed by atoms with van der Waals surface area (Å²) in [6.45, 7) is 1.49. The molecule has 0 aliphatic carbocycles. The fraction of sp³-hybridized carbons (Fsp3) is 0.385. The minimum absolute atomic E-state index is 0.0189. The molecule has 2 amide bonds. The second-order valence-corrected chi connectivity index (χ2v) is 4.24. The Hall–Kier alpha value is -2.18. The maximum absolute atomic E-state index is 13.3. The number of hydrogen-bond acceptors (Lipinski definition) is 2. The van der Waals surface area contributed by atoms with Crippen molar-refractivity contribution in [3.05, 3.63) is 35.4 Å². The van der Waals surface area contributed by atoms with Crippen molar-refractivity contribution in [2.75, 3.05) is 6.54 Å². The molecule has 0 bridgehead atoms. The van der Waals surface area contributed by atoms with Gasteiger partial charge in [0, 0.05) is 18.7 Å². The van der Waals surface area contributed by atoms with Crippen molar-refractivity contribution >= 4 is 12.0 Å². The molecule has 7 heteroatoms. The monoisotopic (exact) mass is 286 g/mol. The standard InChI is InChI=1S/C13H16F2N2O3/c1-2-8(12(18)19)6-16-13(20)17-7-9-5-10(14)3-4-11(9)15/h3-5,8H,2,6-7H2,1H3,(H,18,19)(H2,16,17,20). The van der Waals surface area contributed by atoms with Crippen molar-refractivity contribution in [1.82, 2.24) is 10.6 Å². The molecule has 0 aromatic heterocycles. The first kappa shape index (κ1) is 15.9. The molecule has 0 spiro atoms. The number of aliphatic carboxylic acids is 1. The highest BCUT2D eigenvalue weighted by Crippen LogP contribution is 2.09. The predicted molar refractivity (Wildman–Crippen MR) is 68.0 cm³/mol. The van der Waals surface area contributed by atoms with E-state index in [-0.39, 0.29) is 18.7 Å². The zero-order valence-corrected chi connectivity index (χ0v) is 11.0. The van der Waals surface area contributed by atoms with Crippen molar-refractivity contribution < 1.29 is 23.5 Å². The lowest BCUT2D eigenvalue weighted by Crippen LogP contribution is -2.39. The molecule has 20 heavy (non-hydrogen) atoms. The third-order valence-corrected chi connectivity index (χ3v) is 2.80. The van der Waals surface area contributed by atoms with E-state index in [0.29, 0.717) is 6.42 Å². The molecule has 0 aliphatic rings. The summed E-state index contributed by atoms with van der Waals surface area (Å²) in [5.41, 5.74) is 0.0189. The van der Waals surface area contributed by atoms with Gasteiger partial charge in [0.1, 0.15) is 11.6 Å². The topological polar surface area (TPSA) is 78.4 Å². The van der Waals surface area contributed by atoms with Crippen LogP contribution in [0.3, 0.4) is 0 Å². The molecule has 3 N–H and O–H groups in total. The summed E-state index contributed by atoms with van der Waals surface area (Å²) in [5, 5.41) is 13.5. The molecule has 110 valence electrons. The van der Waals surface area contributed by atoms with E-state index in [1.165, 1.54) is 0 Å². The van der Waals surface area contributed by atoms with Gasteiger partial charge < -0.3 is 15.7 Å². The number of hydrogen-bond donors (Lipinski definition) is 3. The first-order chi connectivity index (χ1) is 9.43. The number of carbonyl (C=O) groups excluding carboxylic acids is 1. The van der Waals surface area contributed by atoms with Gasteiger partial charge in [-0.05, 0) is 24.6 Å². The summed E-state index contributed by atoms with van der Waals surface area (Å²) < 4.78 is 26.2. The number of carboxylic acids is 1. The molecule has 1 rings (SSSR count). The SMILES string of the molecule is CCC(CNC(=O)NCc1cc(F)ccc1F)C(=O)O. The Morgan fingerprint density at radius 3 is 2.60 bits per heavy atom. The van der Waals surface area contributed by atoms with E-state index in [4.69, 9.17) is 5.11 Å². The van der Waals surface area contributed by atoms with Gasteiger partial charge in [-0.25, -0.2) is 13.6 Å². The molecule has 0 saturated carbocycles. The third kappa shape index (κ3) is 4.83. The van der Waals surface area contributed by atoms with E-state index in [1.807, 2.05) is 0 Å². The number of nitrogens with one attached hydrogen (secondary N) is 2. The lowest BCUT2D eigenvalue weighted by atomic mass is 10.1. The fourth-order valence-electron chi connectivity index (χ4n) is 1.54. The van der Waals surface area contributed by atoms with Gasteiger partial charge in [-0.1, -0.05) is 6.92 Å². The van der Waals surface area contributed by atoms with E-state index >= 15 is 0 Å². The van der Waals surface area contributed by atoms with Crippen LogP contribution in [0.5, 0.6) is 0 Å². The Kier molecular flexibility index (Phi) is 5.89. The minimum Gasteiger partial charge on any atom is -0.481 e. The maximum atomic E-state index is 13.3. The number of carboxylic acid groups (broad SMARTS) is 1. The van der Waals surface area contributed by atoms with Gasteiger partial charge in [0.05, 0.1) is 5.92 Å². The van der Waals surface area contributed by atoms with Gasteiger partial charge in [-0.15, -0.1) is 0 Å². The van der Waals surface area contributed by atoms with Crippen LogP contribution >= 0.6 is 0 Å². The van der Waals surface area contributed by atoms with E-state index in [0.717, 1.165) is 18.2 Å². The van der Waals surface area contributed by atoms with Crippen LogP contribution < -0.4 is 10.6 Å². The lowest BCUT2D eigenvalue weighted by molar-refractivity contribution is -0.141. The number of amides is 2. The average molecular weight is 286 g/mol. The number of carbonyl (C=O) groups is 2. The predicted octanol–water partition coefficient (Wildman–Crippen LogP) is 1.87. The van der Waals surface area contributed by atoms with Crippen LogP contribution in [0.1, 0.15) is 18.9 Å². The van der Waals surface area contributed by atoms with Gasteiger partial charge >= 0.3 is 12.0 Å². The Morgan fingerprint density at radius 2 is 2.00 bits per heavy atom. The van der Waals surface area contributed by atoms with Crippen LogP contribution in [-0.2, 0) is 11.3 Å². The molecule has 1 aromatic rings. The van der Waals surface area contributed by atoms with E-state index < -0.39 is 29.6 Å². The molecule has 5 nitrogen and oxygen atoms in total. The number of rotatable bonds is 6. The number of urea groups is 1. The van der Waals surface area contributed by atoms with Crippen LogP contribution in [0, 0.1) is 17.6 Å². The van der Waals surface area contributed by atoms with Crippen LogP contribution in [0.15, 0.2) is 18.2 Å². The average Bonchev–Trinajstić information content (AvgIpc) is 2.40. The molecule has 1 aromatic carbocycles. The Labute approximate surface area is 115 Å². The second-order valence-electron chi connectivity index (χ2n) is 4.24. The van der Waals surface area contributed by atoms with E-state index in [2.05, 4.69) is 10.6 Å². The quantitative estimate of drug-likeness (QED) is 0.747. The first-order valence-corrected chi connectivity index (χ1v) is 6.12. The van der Waals surface area contributed by atoms with Crippen molar-refractivity contribution in [3.63, 3.8) is 0 Å². The van der Waals surface area contributed by atoms with E-state index in [1.54, 1.807) is 6.92 Å². The van der Waals surface area contributed by atoms with Crippen molar-refractivity contribution in [3.8, 4) is 0 Å². The summed E-state index contributed by atoms with van der Waals surface area (Å²) >= 11 is 0. The summed E-state index contributed by atoms with van der Waals surface area (Å²) in [7, 11) is 0. The molecule has 0 heterocycles. The van der Waals surface area contributed by atoms with Crippen LogP contribution in [0.4, 0.5) is 13.6 Å². The molecular weight excluding hydrogens is 270 g/mol. The van der Waals surface area contributed by atoms with Crippen LogP contribution in [-0.4, -0.2) is 23.7 Å². The van der Waals surface area contributed by atoms with Crippen molar-refractivity contribution in [2.45, 2.75) is 19.9 Å². The van der Waals surface area contributed by atoms with Gasteiger partial charge in [-0.2, -0.15) is 0 Å².